The summed E-state index contributed by atoms with van der Waals surface area (Å²) in [7, 11) is 0. The van der Waals surface area contributed by atoms with Crippen LogP contribution in [-0.4, -0.2) is 0 Å². The molecule has 9 rings (SSSR count). The van der Waals surface area contributed by atoms with Gasteiger partial charge in [0.05, 0.1) is 0 Å². The number of hydrogen-bond acceptors (Lipinski definition) is 2. The number of benzene rings is 8. The minimum atomic E-state index is 0.898. The Morgan fingerprint density at radius 2 is 0.909 bits per heavy atom. The molecule has 0 atom stereocenters. The maximum atomic E-state index is 6.12. The van der Waals surface area contributed by atoms with E-state index in [1.165, 1.54) is 43.4 Å². The third kappa shape index (κ3) is 3.96. The molecule has 0 unspecified atom stereocenters. The van der Waals surface area contributed by atoms with Crippen LogP contribution in [0.3, 0.4) is 0 Å². The number of furan rings is 1. The molecule has 0 fully saturated rings. The standard InChI is InChI=1S/C42H27NO/c1-2-9-32(10-3-1)43(34-22-25-42-40(27-34)38-12-6-7-13-41(38)44-42)33-20-16-28(17-21-33)31-15-14-30-19-23-36-35-11-5-4-8-29(35)18-24-37(36)39(30)26-31/h1-27H. The van der Waals surface area contributed by atoms with Gasteiger partial charge >= 0.3 is 0 Å². The first-order valence-electron chi connectivity index (χ1n) is 15.0. The van der Waals surface area contributed by atoms with Crippen LogP contribution in [0.2, 0.25) is 0 Å². The lowest BCUT2D eigenvalue weighted by Gasteiger charge is -2.25. The lowest BCUT2D eigenvalue weighted by atomic mass is 9.94. The molecular weight excluding hydrogens is 534 g/mol. The minimum Gasteiger partial charge on any atom is -0.456 e. The van der Waals surface area contributed by atoms with E-state index in [1.807, 2.05) is 12.1 Å². The maximum absolute atomic E-state index is 6.12. The van der Waals surface area contributed by atoms with E-state index in [-0.39, 0.29) is 0 Å². The van der Waals surface area contributed by atoms with Crippen molar-refractivity contribution in [1.29, 1.82) is 0 Å². The summed E-state index contributed by atoms with van der Waals surface area (Å²) >= 11 is 0. The molecule has 206 valence electrons. The normalized spacial score (nSPS) is 11.6. The molecule has 0 saturated carbocycles. The zero-order chi connectivity index (χ0) is 29.0. The Morgan fingerprint density at radius 3 is 1.75 bits per heavy atom. The first kappa shape index (κ1) is 24.7. The number of fused-ring (bicyclic) bond motifs is 8. The van der Waals surface area contributed by atoms with Crippen LogP contribution in [0, 0.1) is 0 Å². The Kier molecular flexibility index (Phi) is 5.54. The molecule has 1 aromatic heterocycles. The van der Waals surface area contributed by atoms with E-state index in [0.717, 1.165) is 39.0 Å². The summed E-state index contributed by atoms with van der Waals surface area (Å²) in [6.45, 7) is 0. The average Bonchev–Trinajstić information content (AvgIpc) is 3.47. The van der Waals surface area contributed by atoms with Crippen LogP contribution in [0.15, 0.2) is 168 Å². The average molecular weight is 562 g/mol. The fraction of sp³-hybridized carbons (Fsp3) is 0. The van der Waals surface area contributed by atoms with Gasteiger partial charge in [-0.05, 0) is 98.0 Å². The molecule has 44 heavy (non-hydrogen) atoms. The molecule has 2 nitrogen and oxygen atoms in total. The van der Waals surface area contributed by atoms with Gasteiger partial charge in [-0.25, -0.2) is 0 Å². The highest BCUT2D eigenvalue weighted by molar-refractivity contribution is 6.17. The van der Waals surface area contributed by atoms with Gasteiger partial charge in [-0.15, -0.1) is 0 Å². The SMILES string of the molecule is c1ccc(N(c2ccc(-c3ccc4ccc5c6ccccc6ccc5c4c3)cc2)c2ccc3oc4ccccc4c3c2)cc1. The van der Waals surface area contributed by atoms with Crippen molar-refractivity contribution < 1.29 is 4.42 Å². The summed E-state index contributed by atoms with van der Waals surface area (Å²) in [6.07, 6.45) is 0. The summed E-state index contributed by atoms with van der Waals surface area (Å²) in [5.74, 6) is 0. The van der Waals surface area contributed by atoms with Gasteiger partial charge in [-0.2, -0.15) is 0 Å². The van der Waals surface area contributed by atoms with Gasteiger partial charge in [0.15, 0.2) is 0 Å². The van der Waals surface area contributed by atoms with E-state index in [0.29, 0.717) is 0 Å². The molecule has 0 radical (unpaired) electrons. The Morgan fingerprint density at radius 1 is 0.318 bits per heavy atom. The molecule has 0 saturated heterocycles. The summed E-state index contributed by atoms with van der Waals surface area (Å²) in [6, 6.07) is 58.6. The first-order valence-corrected chi connectivity index (χ1v) is 15.0. The Bertz CT molecular complexity index is 2490. The van der Waals surface area contributed by atoms with Crippen LogP contribution in [-0.2, 0) is 0 Å². The second-order valence-corrected chi connectivity index (χ2v) is 11.4. The van der Waals surface area contributed by atoms with E-state index in [2.05, 4.69) is 157 Å². The predicted molar refractivity (Wildman–Crippen MR) is 186 cm³/mol. The molecule has 0 amide bonds. The quantitative estimate of drug-likeness (QED) is 0.199. The van der Waals surface area contributed by atoms with Crippen molar-refractivity contribution in [2.75, 3.05) is 4.90 Å². The van der Waals surface area contributed by atoms with E-state index >= 15 is 0 Å². The van der Waals surface area contributed by atoms with Crippen LogP contribution in [0.1, 0.15) is 0 Å². The molecule has 0 spiro atoms. The zero-order valence-corrected chi connectivity index (χ0v) is 23.9. The minimum absolute atomic E-state index is 0.898. The Labute approximate surface area is 255 Å². The van der Waals surface area contributed by atoms with Gasteiger partial charge in [0.2, 0.25) is 0 Å². The lowest BCUT2D eigenvalue weighted by Crippen LogP contribution is -2.09. The van der Waals surface area contributed by atoms with Crippen LogP contribution < -0.4 is 4.90 Å². The first-order chi connectivity index (χ1) is 21.8. The predicted octanol–water partition coefficient (Wildman–Crippen LogP) is 12.2. The zero-order valence-electron chi connectivity index (χ0n) is 23.9. The summed E-state index contributed by atoms with van der Waals surface area (Å²) in [5.41, 5.74) is 7.51. The Hall–Kier alpha value is -5.86. The third-order valence-electron chi connectivity index (χ3n) is 8.84. The molecular formula is C42H27NO. The highest BCUT2D eigenvalue weighted by Gasteiger charge is 2.15. The van der Waals surface area contributed by atoms with E-state index in [9.17, 15) is 0 Å². The van der Waals surface area contributed by atoms with Crippen molar-refractivity contribution in [1.82, 2.24) is 0 Å². The van der Waals surface area contributed by atoms with Crippen LogP contribution in [0.5, 0.6) is 0 Å². The summed E-state index contributed by atoms with van der Waals surface area (Å²) in [5, 5.41) is 9.93. The van der Waals surface area contributed by atoms with Crippen molar-refractivity contribution >= 4 is 71.3 Å². The van der Waals surface area contributed by atoms with Crippen LogP contribution in [0.4, 0.5) is 17.1 Å². The van der Waals surface area contributed by atoms with Crippen LogP contribution >= 0.6 is 0 Å². The van der Waals surface area contributed by atoms with Gasteiger partial charge in [-0.1, -0.05) is 109 Å². The van der Waals surface area contributed by atoms with E-state index < -0.39 is 0 Å². The monoisotopic (exact) mass is 561 g/mol. The maximum Gasteiger partial charge on any atom is 0.135 e. The van der Waals surface area contributed by atoms with Crippen molar-refractivity contribution in [3.05, 3.63) is 164 Å². The van der Waals surface area contributed by atoms with E-state index in [1.54, 1.807) is 0 Å². The smallest absolute Gasteiger partial charge is 0.135 e. The largest absolute Gasteiger partial charge is 0.456 e. The molecule has 0 N–H and O–H groups in total. The van der Waals surface area contributed by atoms with Crippen LogP contribution in [0.25, 0.3) is 65.4 Å². The van der Waals surface area contributed by atoms with Crippen molar-refractivity contribution in [2.24, 2.45) is 0 Å². The molecule has 0 bridgehead atoms. The number of para-hydroxylation sites is 2. The fourth-order valence-corrected chi connectivity index (χ4v) is 6.68. The Balaban J connectivity index is 1.15. The second-order valence-electron chi connectivity index (χ2n) is 11.4. The lowest BCUT2D eigenvalue weighted by molar-refractivity contribution is 0.669. The topological polar surface area (TPSA) is 16.4 Å². The third-order valence-corrected chi connectivity index (χ3v) is 8.84. The summed E-state index contributed by atoms with van der Waals surface area (Å²) < 4.78 is 6.12. The number of rotatable bonds is 4. The van der Waals surface area contributed by atoms with Gasteiger partial charge < -0.3 is 9.32 Å². The number of anilines is 3. The van der Waals surface area contributed by atoms with Crippen molar-refractivity contribution in [2.45, 2.75) is 0 Å². The highest BCUT2D eigenvalue weighted by atomic mass is 16.3. The fourth-order valence-electron chi connectivity index (χ4n) is 6.68. The number of hydrogen-bond donors (Lipinski definition) is 0. The molecule has 2 heteroatoms. The molecule has 1 heterocycles. The molecule has 9 aromatic rings. The van der Waals surface area contributed by atoms with Gasteiger partial charge in [0.1, 0.15) is 11.2 Å². The number of nitrogens with zero attached hydrogens (tertiary/aromatic N) is 1. The molecule has 8 aromatic carbocycles. The highest BCUT2D eigenvalue weighted by Crippen LogP contribution is 2.40. The molecule has 0 aliphatic rings. The van der Waals surface area contributed by atoms with E-state index in [4.69, 9.17) is 4.42 Å². The van der Waals surface area contributed by atoms with Crippen molar-refractivity contribution in [3.8, 4) is 11.1 Å². The van der Waals surface area contributed by atoms with Gasteiger partial charge in [0.25, 0.3) is 0 Å². The second kappa shape index (κ2) is 9.86. The summed E-state index contributed by atoms with van der Waals surface area (Å²) in [4.78, 5) is 2.31. The van der Waals surface area contributed by atoms with Gasteiger partial charge in [-0.3, -0.25) is 0 Å². The molecule has 0 aliphatic heterocycles. The van der Waals surface area contributed by atoms with Crippen molar-refractivity contribution in [3.63, 3.8) is 0 Å². The molecule has 0 aliphatic carbocycles. The van der Waals surface area contributed by atoms with Gasteiger partial charge in [0, 0.05) is 27.8 Å².